The average molecular weight is 418 g/mol. The third-order valence-electron chi connectivity index (χ3n) is 4.94. The molecule has 1 aliphatic heterocycles. The lowest BCUT2D eigenvalue weighted by atomic mass is 10.1. The lowest BCUT2D eigenvalue weighted by Gasteiger charge is -2.33. The summed E-state index contributed by atoms with van der Waals surface area (Å²) in [6.07, 6.45) is 0. The van der Waals surface area contributed by atoms with Crippen LogP contribution in [0.4, 0.5) is 0 Å². The summed E-state index contributed by atoms with van der Waals surface area (Å²) >= 11 is 0. The van der Waals surface area contributed by atoms with E-state index in [1.165, 1.54) is 0 Å². The van der Waals surface area contributed by atoms with Gasteiger partial charge in [-0.1, -0.05) is 42.5 Å². The number of carbonyl (C=O) groups excluding carboxylic acids is 2. The first-order valence-electron chi connectivity index (χ1n) is 9.56. The Labute approximate surface area is 178 Å². The van der Waals surface area contributed by atoms with Crippen LogP contribution in [0.3, 0.4) is 0 Å². The minimum atomic E-state index is 0. The van der Waals surface area contributed by atoms with Gasteiger partial charge in [-0.05, 0) is 17.7 Å². The van der Waals surface area contributed by atoms with Crippen molar-refractivity contribution in [2.45, 2.75) is 6.54 Å². The highest BCUT2D eigenvalue weighted by Crippen LogP contribution is 2.11. The molecule has 29 heavy (non-hydrogen) atoms. The Morgan fingerprint density at radius 2 is 1.48 bits per heavy atom. The first-order valence-corrected chi connectivity index (χ1v) is 9.56. The summed E-state index contributed by atoms with van der Waals surface area (Å²) in [4.78, 5) is 28.8. The topological polar surface area (TPSA) is 61.9 Å². The van der Waals surface area contributed by atoms with Gasteiger partial charge in [-0.25, -0.2) is 0 Å². The zero-order valence-electron chi connectivity index (χ0n) is 16.7. The van der Waals surface area contributed by atoms with Crippen LogP contribution in [-0.4, -0.2) is 67.9 Å². The van der Waals surface area contributed by atoms with Crippen LogP contribution in [0.2, 0.25) is 0 Å². The molecule has 0 radical (unpaired) electrons. The van der Waals surface area contributed by atoms with E-state index in [0.717, 1.165) is 43.1 Å². The molecule has 3 rings (SSSR count). The predicted octanol–water partition coefficient (Wildman–Crippen LogP) is 2.23. The molecule has 1 heterocycles. The average Bonchev–Trinajstić information content (AvgIpc) is 2.74. The number of nitrogens with one attached hydrogen (secondary N) is 1. The maximum Gasteiger partial charge on any atom is 0.234 e. The molecule has 156 valence electrons. The summed E-state index contributed by atoms with van der Waals surface area (Å²) in [6.45, 7) is 4.50. The van der Waals surface area contributed by atoms with Crippen molar-refractivity contribution in [3.05, 3.63) is 65.7 Å². The van der Waals surface area contributed by atoms with Gasteiger partial charge in [-0.3, -0.25) is 19.4 Å². The van der Waals surface area contributed by atoms with E-state index in [1.807, 2.05) is 54.6 Å². The second-order valence-corrected chi connectivity index (χ2v) is 6.97. The fraction of sp³-hybridized carbons (Fsp3) is 0.364. The maximum absolute atomic E-state index is 12.3. The van der Waals surface area contributed by atoms with Crippen molar-refractivity contribution in [1.29, 1.82) is 0 Å². The number of nitrogens with zero attached hydrogens (tertiary/aromatic N) is 2. The van der Waals surface area contributed by atoms with Crippen molar-refractivity contribution >= 4 is 24.1 Å². The summed E-state index contributed by atoms with van der Waals surface area (Å²) < 4.78 is 5.13. The van der Waals surface area contributed by atoms with Gasteiger partial charge in [0.25, 0.3) is 0 Å². The Bertz CT molecular complexity index is 776. The highest BCUT2D eigenvalue weighted by atomic mass is 35.5. The Kier molecular flexibility index (Phi) is 9.12. The summed E-state index contributed by atoms with van der Waals surface area (Å²) in [5.41, 5.74) is 1.79. The molecule has 0 atom stereocenters. The molecule has 0 bridgehead atoms. The van der Waals surface area contributed by atoms with E-state index in [1.54, 1.807) is 7.11 Å². The van der Waals surface area contributed by atoms with Gasteiger partial charge in [0.05, 0.1) is 20.2 Å². The van der Waals surface area contributed by atoms with Gasteiger partial charge in [0, 0.05) is 38.3 Å². The minimum Gasteiger partial charge on any atom is -0.497 e. The molecule has 1 saturated heterocycles. The van der Waals surface area contributed by atoms with Gasteiger partial charge in [0.1, 0.15) is 5.75 Å². The number of ketones is 1. The second kappa shape index (κ2) is 11.6. The molecule has 1 amide bonds. The van der Waals surface area contributed by atoms with E-state index in [9.17, 15) is 9.59 Å². The Balaban J connectivity index is 0.00000300. The predicted molar refractivity (Wildman–Crippen MR) is 116 cm³/mol. The molecule has 1 fully saturated rings. The third kappa shape index (κ3) is 7.16. The van der Waals surface area contributed by atoms with E-state index in [-0.39, 0.29) is 24.1 Å². The molecule has 0 saturated carbocycles. The minimum absolute atomic E-state index is 0. The van der Waals surface area contributed by atoms with E-state index in [0.29, 0.717) is 19.6 Å². The molecule has 0 aliphatic carbocycles. The van der Waals surface area contributed by atoms with Crippen LogP contribution in [0.25, 0.3) is 0 Å². The van der Waals surface area contributed by atoms with E-state index in [2.05, 4.69) is 15.1 Å². The van der Waals surface area contributed by atoms with Crippen molar-refractivity contribution in [3.8, 4) is 5.75 Å². The third-order valence-corrected chi connectivity index (χ3v) is 4.94. The number of hydrogen-bond acceptors (Lipinski definition) is 5. The smallest absolute Gasteiger partial charge is 0.234 e. The first-order chi connectivity index (χ1) is 13.6. The molecule has 1 N–H and O–H groups in total. The summed E-state index contributed by atoms with van der Waals surface area (Å²) in [5.74, 6) is 0.967. The molecular weight excluding hydrogens is 390 g/mol. The zero-order valence-corrected chi connectivity index (χ0v) is 17.5. The van der Waals surface area contributed by atoms with Crippen LogP contribution in [0.5, 0.6) is 5.75 Å². The highest BCUT2D eigenvalue weighted by molar-refractivity contribution is 5.97. The fourth-order valence-corrected chi connectivity index (χ4v) is 3.23. The number of benzene rings is 2. The number of piperazine rings is 1. The molecule has 6 nitrogen and oxygen atoms in total. The van der Waals surface area contributed by atoms with Crippen LogP contribution in [-0.2, 0) is 11.3 Å². The van der Waals surface area contributed by atoms with Crippen molar-refractivity contribution in [2.75, 3.05) is 46.4 Å². The monoisotopic (exact) mass is 417 g/mol. The van der Waals surface area contributed by atoms with Crippen LogP contribution in [0.15, 0.2) is 54.6 Å². The van der Waals surface area contributed by atoms with Crippen molar-refractivity contribution in [3.63, 3.8) is 0 Å². The van der Waals surface area contributed by atoms with Crippen LogP contribution in [0.1, 0.15) is 15.9 Å². The Morgan fingerprint density at radius 1 is 0.897 bits per heavy atom. The largest absolute Gasteiger partial charge is 0.497 e. The normalized spacial score (nSPS) is 14.7. The number of rotatable bonds is 8. The van der Waals surface area contributed by atoms with Gasteiger partial charge in [-0.2, -0.15) is 0 Å². The molecule has 2 aromatic carbocycles. The molecular formula is C22H28ClN3O3. The van der Waals surface area contributed by atoms with E-state index in [4.69, 9.17) is 4.74 Å². The summed E-state index contributed by atoms with van der Waals surface area (Å²) in [7, 11) is 1.63. The number of halogens is 1. The number of methoxy groups -OCH3 is 1. The van der Waals surface area contributed by atoms with Crippen molar-refractivity contribution in [1.82, 2.24) is 15.1 Å². The second-order valence-electron chi connectivity index (χ2n) is 6.97. The first kappa shape index (κ1) is 22.9. The van der Waals surface area contributed by atoms with Gasteiger partial charge in [0.15, 0.2) is 5.78 Å². The van der Waals surface area contributed by atoms with Gasteiger partial charge in [0.2, 0.25) is 5.91 Å². The van der Waals surface area contributed by atoms with E-state index >= 15 is 0 Å². The van der Waals surface area contributed by atoms with Gasteiger partial charge >= 0.3 is 0 Å². The zero-order chi connectivity index (χ0) is 19.8. The maximum atomic E-state index is 12.3. The van der Waals surface area contributed by atoms with E-state index < -0.39 is 0 Å². The Morgan fingerprint density at radius 3 is 2.07 bits per heavy atom. The summed E-state index contributed by atoms with van der Waals surface area (Å²) in [6, 6.07) is 17.1. The van der Waals surface area contributed by atoms with Crippen molar-refractivity contribution < 1.29 is 14.3 Å². The summed E-state index contributed by atoms with van der Waals surface area (Å²) in [5, 5.41) is 2.96. The quantitative estimate of drug-likeness (QED) is 0.667. The Hall–Kier alpha value is -2.41. The van der Waals surface area contributed by atoms with Gasteiger partial charge < -0.3 is 10.1 Å². The number of Topliss-reactive ketones (excluding diaryl/α,β-unsaturated/α-hetero) is 1. The van der Waals surface area contributed by atoms with Crippen molar-refractivity contribution in [2.24, 2.45) is 0 Å². The lowest BCUT2D eigenvalue weighted by molar-refractivity contribution is -0.122. The molecule has 0 unspecified atom stereocenters. The molecule has 0 aromatic heterocycles. The molecule has 2 aromatic rings. The number of hydrogen-bond donors (Lipinski definition) is 1. The SMILES string of the molecule is COc1ccc(CNC(=O)CN2CCN(CC(=O)c3ccccc3)CC2)cc1.Cl. The number of amides is 1. The molecule has 1 aliphatic rings. The number of carbonyl (C=O) groups is 2. The highest BCUT2D eigenvalue weighted by Gasteiger charge is 2.20. The van der Waals surface area contributed by atoms with Crippen LogP contribution < -0.4 is 10.1 Å². The molecule has 0 spiro atoms. The lowest BCUT2D eigenvalue weighted by Crippen LogP contribution is -2.50. The van der Waals surface area contributed by atoms with Gasteiger partial charge in [-0.15, -0.1) is 12.4 Å². The molecule has 7 heteroatoms. The van der Waals surface area contributed by atoms with Crippen LogP contribution in [0, 0.1) is 0 Å². The standard InChI is InChI=1S/C22H27N3O3.ClH/c1-28-20-9-7-18(8-10-20)15-23-22(27)17-25-13-11-24(12-14-25)16-21(26)19-5-3-2-4-6-19;/h2-10H,11-17H2,1H3,(H,23,27);1H. The number of ether oxygens (including phenoxy) is 1. The van der Waals surface area contributed by atoms with Crippen LogP contribution >= 0.6 is 12.4 Å². The fourth-order valence-electron chi connectivity index (χ4n) is 3.23.